The fourth-order valence-corrected chi connectivity index (χ4v) is 11.9. The minimum Gasteiger partial charge on any atom is -0.489 e. The molecule has 10 rings (SSSR count). The van der Waals surface area contributed by atoms with Crippen LogP contribution in [-0.2, 0) is 46.5 Å². The van der Waals surface area contributed by atoms with Crippen molar-refractivity contribution in [1.29, 1.82) is 0 Å². The lowest BCUT2D eigenvalue weighted by atomic mass is 9.75. The lowest BCUT2D eigenvalue weighted by molar-refractivity contribution is -0.140. The molecule has 4 aliphatic carbocycles. The van der Waals surface area contributed by atoms with Gasteiger partial charge in [-0.25, -0.2) is 8.78 Å². The van der Waals surface area contributed by atoms with Crippen molar-refractivity contribution in [2.24, 2.45) is 22.7 Å². The van der Waals surface area contributed by atoms with Gasteiger partial charge in [0.2, 0.25) is 0 Å². The highest BCUT2D eigenvalue weighted by Gasteiger charge is 2.61. The number of carbonyl (C=O) groups is 2. The Morgan fingerprint density at radius 1 is 0.595 bits per heavy atom. The summed E-state index contributed by atoms with van der Waals surface area (Å²) in [4.78, 5) is 31.6. The minimum atomic E-state index is -0.694. The highest BCUT2D eigenvalue weighted by molar-refractivity contribution is 5.79. The Kier molecular flexibility index (Phi) is 14.2. The van der Waals surface area contributed by atoms with Gasteiger partial charge in [0.1, 0.15) is 36.3 Å². The largest absolute Gasteiger partial charge is 0.489 e. The molecule has 6 aromatic rings. The van der Waals surface area contributed by atoms with Gasteiger partial charge in [-0.05, 0) is 180 Å². The smallest absolute Gasteiger partial charge is 0.307 e. The van der Waals surface area contributed by atoms with Crippen LogP contribution in [-0.4, -0.2) is 32.1 Å². The van der Waals surface area contributed by atoms with E-state index in [2.05, 4.69) is 102 Å². The van der Waals surface area contributed by atoms with Crippen LogP contribution in [0.5, 0.6) is 11.5 Å². The van der Waals surface area contributed by atoms with Crippen LogP contribution in [0.2, 0.25) is 0 Å². The Hall–Kier alpha value is -6.42. The van der Waals surface area contributed by atoms with Crippen LogP contribution in [0.15, 0.2) is 97.3 Å². The summed E-state index contributed by atoms with van der Waals surface area (Å²) in [7, 11) is 0. The van der Waals surface area contributed by atoms with Crippen molar-refractivity contribution >= 4 is 11.9 Å². The van der Waals surface area contributed by atoms with Gasteiger partial charge >= 0.3 is 11.9 Å². The SMILES string of the molecule is Cc1cc(-c2ccc(COc3ccc4c(c3)[C@]3(CCC4)C[C@H]3C(=O)O)cc2[C@@H](C)C(C)(C)C)c(F)cn1.Cc1cc(-c2ccc(COc3ccc4c(c3)[C@]3(CCC4)C[C@H]3C(=O)O)cc2[C@H](C)C(C)(C)C)c(F)cn1. The topological polar surface area (TPSA) is 119 Å². The van der Waals surface area contributed by atoms with E-state index in [-0.39, 0.29) is 57.0 Å². The Bertz CT molecular complexity index is 2930. The van der Waals surface area contributed by atoms with Crippen LogP contribution in [0.1, 0.15) is 162 Å². The standard InChI is InChI=1S/2C32H36FNO3/c2*1-19-13-26(29(33)17-34-19)24-11-8-21(14-25(24)20(2)31(3,4)5)18-37-23-10-9-22-7-6-12-32(27(22)15-23)16-28(32)30(35)36/h2*8-11,13-15,17,20,28H,6-7,12,16,18H2,1-5H3,(H,35,36)/t20-,28+,32+;20-,28-,32-/m10/s1. The van der Waals surface area contributed by atoms with Gasteiger partial charge in [-0.3, -0.25) is 19.6 Å². The van der Waals surface area contributed by atoms with Gasteiger partial charge in [-0.15, -0.1) is 0 Å². The van der Waals surface area contributed by atoms with E-state index < -0.39 is 11.9 Å². The highest BCUT2D eigenvalue weighted by atomic mass is 19.1. The number of ether oxygens (including phenoxy) is 2. The van der Waals surface area contributed by atoms with Crippen molar-refractivity contribution in [2.45, 2.75) is 156 Å². The second kappa shape index (κ2) is 20.0. The Morgan fingerprint density at radius 3 is 1.34 bits per heavy atom. The van der Waals surface area contributed by atoms with Crippen molar-refractivity contribution < 1.29 is 38.1 Å². The quantitative estimate of drug-likeness (QED) is 0.124. The van der Waals surface area contributed by atoms with Crippen molar-refractivity contribution in [3.8, 4) is 33.8 Å². The van der Waals surface area contributed by atoms with Crippen molar-refractivity contribution in [3.63, 3.8) is 0 Å². The van der Waals surface area contributed by atoms with Gasteiger partial charge in [0, 0.05) is 33.3 Å². The zero-order chi connectivity index (χ0) is 53.1. The summed E-state index contributed by atoms with van der Waals surface area (Å²) >= 11 is 0. The summed E-state index contributed by atoms with van der Waals surface area (Å²) in [6, 6.07) is 28.3. The number of carboxylic acid groups (broad SMARTS) is 2. The van der Waals surface area contributed by atoms with Gasteiger partial charge in [-0.2, -0.15) is 0 Å². The fraction of sp³-hybridized carbons (Fsp3) is 0.438. The fourth-order valence-electron chi connectivity index (χ4n) is 11.9. The molecule has 0 bridgehead atoms. The molecule has 8 nitrogen and oxygen atoms in total. The monoisotopic (exact) mass is 1000 g/mol. The number of hydrogen-bond donors (Lipinski definition) is 2. The highest BCUT2D eigenvalue weighted by Crippen LogP contribution is 2.62. The maximum absolute atomic E-state index is 14.8. The molecule has 2 N–H and O–H groups in total. The maximum Gasteiger partial charge on any atom is 0.307 e. The lowest BCUT2D eigenvalue weighted by Crippen LogP contribution is -2.21. The van der Waals surface area contributed by atoms with E-state index in [0.717, 1.165) is 119 Å². The maximum atomic E-state index is 14.8. The molecule has 0 radical (unpaired) electrons. The van der Waals surface area contributed by atoms with E-state index in [4.69, 9.17) is 9.47 Å². The third kappa shape index (κ3) is 10.5. The van der Waals surface area contributed by atoms with Crippen molar-refractivity contribution in [2.75, 3.05) is 0 Å². The van der Waals surface area contributed by atoms with Gasteiger partial charge in [0.25, 0.3) is 0 Å². The van der Waals surface area contributed by atoms with Crippen molar-refractivity contribution in [1.82, 2.24) is 9.97 Å². The Labute approximate surface area is 436 Å². The first kappa shape index (κ1) is 52.4. The van der Waals surface area contributed by atoms with E-state index in [9.17, 15) is 28.6 Å². The third-order valence-electron chi connectivity index (χ3n) is 17.3. The normalized spacial score (nSPS) is 21.4. The minimum absolute atomic E-state index is 0.00939. The van der Waals surface area contributed by atoms with Crippen LogP contribution < -0.4 is 9.47 Å². The number of nitrogens with zero attached hydrogens (tertiary/aromatic N) is 2. The first-order valence-corrected chi connectivity index (χ1v) is 26.5. The summed E-state index contributed by atoms with van der Waals surface area (Å²) < 4.78 is 42.2. The molecule has 2 heterocycles. The molecule has 2 spiro atoms. The molecule has 2 saturated carbocycles. The zero-order valence-corrected chi connectivity index (χ0v) is 44.8. The number of aliphatic carboxylic acids is 2. The molecule has 0 aliphatic heterocycles. The summed E-state index contributed by atoms with van der Waals surface area (Å²) in [5.41, 5.74) is 13.1. The summed E-state index contributed by atoms with van der Waals surface area (Å²) in [6.45, 7) is 22.1. The van der Waals surface area contributed by atoms with Gasteiger partial charge in [0.05, 0.1) is 24.2 Å². The average molecular weight is 1000 g/mol. The van der Waals surface area contributed by atoms with E-state index in [1.807, 2.05) is 62.4 Å². The van der Waals surface area contributed by atoms with Gasteiger partial charge < -0.3 is 19.7 Å². The number of rotatable bonds is 12. The average Bonchev–Trinajstić information content (AvgIpc) is 4.28. The molecule has 0 unspecified atom stereocenters. The number of fused-ring (bicyclic) bond motifs is 4. The molecule has 4 aromatic carbocycles. The molecule has 4 aliphatic rings. The molecule has 6 atom stereocenters. The van der Waals surface area contributed by atoms with Crippen LogP contribution in [0, 0.1) is 48.1 Å². The molecule has 74 heavy (non-hydrogen) atoms. The zero-order valence-electron chi connectivity index (χ0n) is 44.8. The Balaban J connectivity index is 0.000000182. The molecule has 0 saturated heterocycles. The first-order chi connectivity index (χ1) is 35.0. The second-order valence-corrected chi connectivity index (χ2v) is 24.1. The number of aryl methyl sites for hydroxylation is 4. The number of hydrogen-bond acceptors (Lipinski definition) is 6. The van der Waals surface area contributed by atoms with Gasteiger partial charge in [-0.1, -0.05) is 104 Å². The molecular weight excluding hydrogens is 931 g/mol. The van der Waals surface area contributed by atoms with Gasteiger partial charge in [0.15, 0.2) is 0 Å². The van der Waals surface area contributed by atoms with E-state index in [0.29, 0.717) is 24.3 Å². The Morgan fingerprint density at radius 2 is 0.986 bits per heavy atom. The van der Waals surface area contributed by atoms with E-state index in [1.54, 1.807) is 0 Å². The second-order valence-electron chi connectivity index (χ2n) is 24.1. The predicted octanol–water partition coefficient (Wildman–Crippen LogP) is 15.2. The summed E-state index contributed by atoms with van der Waals surface area (Å²) in [5, 5.41) is 19.2. The molecule has 2 aromatic heterocycles. The molecule has 0 amide bonds. The van der Waals surface area contributed by atoms with E-state index in [1.165, 1.54) is 23.5 Å². The number of pyridine rings is 2. The first-order valence-electron chi connectivity index (χ1n) is 26.5. The number of aromatic nitrogens is 2. The van der Waals surface area contributed by atoms with Crippen LogP contribution in [0.25, 0.3) is 22.3 Å². The third-order valence-corrected chi connectivity index (χ3v) is 17.3. The number of benzene rings is 4. The molecule has 2 fully saturated rings. The van der Waals surface area contributed by atoms with E-state index >= 15 is 0 Å². The molecular formula is C64H72F2N2O6. The number of halogens is 2. The summed E-state index contributed by atoms with van der Waals surface area (Å²) in [5.74, 6) is -0.701. The molecule has 388 valence electrons. The van der Waals surface area contributed by atoms with Crippen LogP contribution >= 0.6 is 0 Å². The molecule has 10 heteroatoms. The lowest BCUT2D eigenvalue weighted by Gasteiger charge is -2.30. The van der Waals surface area contributed by atoms with Crippen LogP contribution in [0.4, 0.5) is 8.78 Å². The van der Waals surface area contributed by atoms with Crippen LogP contribution in [0.3, 0.4) is 0 Å². The van der Waals surface area contributed by atoms with Crippen molar-refractivity contribution in [3.05, 3.63) is 165 Å². The number of carboxylic acids is 2. The summed E-state index contributed by atoms with van der Waals surface area (Å²) in [6.07, 6.45) is 9.95. The predicted molar refractivity (Wildman–Crippen MR) is 287 cm³/mol.